The SMILES string of the molecule is CCC(=O)N1CCO[C@@H](c2ccccc2C(F)(F)F)C1. The molecule has 1 amide bonds. The van der Waals surface area contributed by atoms with E-state index in [4.69, 9.17) is 4.74 Å². The maximum absolute atomic E-state index is 13.0. The number of nitrogens with zero attached hydrogens (tertiary/aromatic N) is 1. The molecule has 1 fully saturated rings. The highest BCUT2D eigenvalue weighted by molar-refractivity contribution is 5.76. The maximum Gasteiger partial charge on any atom is 0.416 e. The monoisotopic (exact) mass is 287 g/mol. The average Bonchev–Trinajstić information content (AvgIpc) is 2.45. The lowest BCUT2D eigenvalue weighted by atomic mass is 10.0. The second-order valence-corrected chi connectivity index (χ2v) is 4.64. The molecule has 1 aliphatic rings. The van der Waals surface area contributed by atoms with Crippen molar-refractivity contribution >= 4 is 5.91 Å². The highest BCUT2D eigenvalue weighted by Crippen LogP contribution is 2.36. The van der Waals surface area contributed by atoms with Gasteiger partial charge in [-0.1, -0.05) is 25.1 Å². The first-order chi connectivity index (χ1) is 9.43. The molecular formula is C14H16F3NO2. The van der Waals surface area contributed by atoms with Crippen molar-refractivity contribution in [3.8, 4) is 0 Å². The first kappa shape index (κ1) is 14.8. The van der Waals surface area contributed by atoms with Gasteiger partial charge in [-0.15, -0.1) is 0 Å². The second-order valence-electron chi connectivity index (χ2n) is 4.64. The average molecular weight is 287 g/mol. The number of morpholine rings is 1. The number of hydrogen-bond acceptors (Lipinski definition) is 2. The third kappa shape index (κ3) is 3.12. The zero-order chi connectivity index (χ0) is 14.8. The summed E-state index contributed by atoms with van der Waals surface area (Å²) in [5, 5.41) is 0. The number of hydrogen-bond donors (Lipinski definition) is 0. The van der Waals surface area contributed by atoms with Crippen LogP contribution >= 0.6 is 0 Å². The Kier molecular flexibility index (Phi) is 4.32. The quantitative estimate of drug-likeness (QED) is 0.837. The lowest BCUT2D eigenvalue weighted by Crippen LogP contribution is -2.42. The zero-order valence-corrected chi connectivity index (χ0v) is 11.1. The van der Waals surface area contributed by atoms with E-state index in [-0.39, 0.29) is 24.6 Å². The molecule has 0 radical (unpaired) electrons. The van der Waals surface area contributed by atoms with E-state index in [1.54, 1.807) is 17.9 Å². The van der Waals surface area contributed by atoms with Crippen LogP contribution in [0.5, 0.6) is 0 Å². The maximum atomic E-state index is 13.0. The predicted molar refractivity (Wildman–Crippen MR) is 67.0 cm³/mol. The second kappa shape index (κ2) is 5.83. The lowest BCUT2D eigenvalue weighted by Gasteiger charge is -2.34. The molecule has 0 saturated carbocycles. The van der Waals surface area contributed by atoms with Crippen LogP contribution in [0.4, 0.5) is 13.2 Å². The van der Waals surface area contributed by atoms with Crippen LogP contribution in [0, 0.1) is 0 Å². The van der Waals surface area contributed by atoms with E-state index in [0.717, 1.165) is 6.07 Å². The lowest BCUT2D eigenvalue weighted by molar-refractivity contribution is -0.143. The Labute approximate surface area is 115 Å². The number of rotatable bonds is 2. The van der Waals surface area contributed by atoms with Crippen LogP contribution in [0.15, 0.2) is 24.3 Å². The van der Waals surface area contributed by atoms with E-state index >= 15 is 0 Å². The largest absolute Gasteiger partial charge is 0.416 e. The molecule has 0 bridgehead atoms. The molecule has 1 heterocycles. The van der Waals surface area contributed by atoms with Crippen molar-refractivity contribution in [2.24, 2.45) is 0 Å². The molecule has 0 aliphatic carbocycles. The van der Waals surface area contributed by atoms with E-state index in [0.29, 0.717) is 13.0 Å². The molecule has 0 unspecified atom stereocenters. The molecule has 110 valence electrons. The number of ether oxygens (including phenoxy) is 1. The van der Waals surface area contributed by atoms with Crippen molar-refractivity contribution in [1.82, 2.24) is 4.90 Å². The van der Waals surface area contributed by atoms with Gasteiger partial charge in [-0.3, -0.25) is 4.79 Å². The number of halogens is 3. The summed E-state index contributed by atoms with van der Waals surface area (Å²) in [7, 11) is 0. The number of carbonyl (C=O) groups excluding carboxylic acids is 1. The molecule has 1 aromatic rings. The summed E-state index contributed by atoms with van der Waals surface area (Å²) in [6, 6.07) is 5.35. The topological polar surface area (TPSA) is 29.5 Å². The number of alkyl halides is 3. The molecule has 0 spiro atoms. The van der Waals surface area contributed by atoms with Gasteiger partial charge >= 0.3 is 6.18 Å². The van der Waals surface area contributed by atoms with E-state index in [1.807, 2.05) is 0 Å². The molecule has 0 N–H and O–H groups in total. The van der Waals surface area contributed by atoms with Gasteiger partial charge in [0.05, 0.1) is 18.7 Å². The van der Waals surface area contributed by atoms with E-state index in [1.165, 1.54) is 12.1 Å². The Morgan fingerprint density at radius 1 is 1.40 bits per heavy atom. The van der Waals surface area contributed by atoms with Crippen molar-refractivity contribution in [2.45, 2.75) is 25.6 Å². The molecule has 6 heteroatoms. The molecule has 1 saturated heterocycles. The summed E-state index contributed by atoms with van der Waals surface area (Å²) in [5.41, 5.74) is -0.607. The number of amides is 1. The van der Waals surface area contributed by atoms with Crippen molar-refractivity contribution in [3.05, 3.63) is 35.4 Å². The molecule has 2 rings (SSSR count). The van der Waals surface area contributed by atoms with Gasteiger partial charge in [-0.2, -0.15) is 13.2 Å². The van der Waals surface area contributed by atoms with Gasteiger partial charge in [-0.05, 0) is 11.6 Å². The van der Waals surface area contributed by atoms with Gasteiger partial charge in [0.2, 0.25) is 5.91 Å². The van der Waals surface area contributed by atoms with Gasteiger partial charge in [0.1, 0.15) is 6.10 Å². The van der Waals surface area contributed by atoms with E-state index < -0.39 is 17.8 Å². The van der Waals surface area contributed by atoms with Gasteiger partial charge in [0.25, 0.3) is 0 Å². The minimum atomic E-state index is -4.42. The molecule has 1 atom stereocenters. The highest BCUT2D eigenvalue weighted by atomic mass is 19.4. The first-order valence-electron chi connectivity index (χ1n) is 6.49. The van der Waals surface area contributed by atoms with E-state index in [2.05, 4.69) is 0 Å². The molecule has 20 heavy (non-hydrogen) atoms. The number of carbonyl (C=O) groups is 1. The van der Waals surface area contributed by atoms with Crippen molar-refractivity contribution < 1.29 is 22.7 Å². The molecule has 1 aromatic carbocycles. The molecular weight excluding hydrogens is 271 g/mol. The minimum Gasteiger partial charge on any atom is -0.370 e. The first-order valence-corrected chi connectivity index (χ1v) is 6.49. The Balaban J connectivity index is 2.26. The van der Waals surface area contributed by atoms with Gasteiger partial charge in [0, 0.05) is 13.0 Å². The standard InChI is InChI=1S/C14H16F3NO2/c1-2-13(19)18-7-8-20-12(9-18)10-5-3-4-6-11(10)14(15,16)17/h3-6,12H,2,7-9H2,1H3/t12-/m1/s1. The summed E-state index contributed by atoms with van der Waals surface area (Å²) in [4.78, 5) is 13.2. The van der Waals surface area contributed by atoms with E-state index in [9.17, 15) is 18.0 Å². The van der Waals surface area contributed by atoms with Crippen LogP contribution in [-0.4, -0.2) is 30.5 Å². The van der Waals surface area contributed by atoms with Gasteiger partial charge < -0.3 is 9.64 Å². The van der Waals surface area contributed by atoms with Crippen LogP contribution in [-0.2, 0) is 15.7 Å². The van der Waals surface area contributed by atoms with Gasteiger partial charge in [-0.25, -0.2) is 0 Å². The Hall–Kier alpha value is -1.56. The van der Waals surface area contributed by atoms with Gasteiger partial charge in [0.15, 0.2) is 0 Å². The number of benzene rings is 1. The summed E-state index contributed by atoms with van der Waals surface area (Å²) >= 11 is 0. The van der Waals surface area contributed by atoms with Crippen LogP contribution < -0.4 is 0 Å². The fourth-order valence-electron chi connectivity index (χ4n) is 2.32. The van der Waals surface area contributed by atoms with Crippen LogP contribution in [0.1, 0.15) is 30.6 Å². The van der Waals surface area contributed by atoms with Crippen molar-refractivity contribution in [3.63, 3.8) is 0 Å². The highest BCUT2D eigenvalue weighted by Gasteiger charge is 2.36. The summed E-state index contributed by atoms with van der Waals surface area (Å²) in [6.45, 7) is 2.58. The third-order valence-corrected chi connectivity index (χ3v) is 3.33. The summed E-state index contributed by atoms with van der Waals surface area (Å²) in [6.07, 6.45) is -4.80. The zero-order valence-electron chi connectivity index (χ0n) is 11.1. The normalized spacial score (nSPS) is 20.0. The van der Waals surface area contributed by atoms with Crippen LogP contribution in [0.2, 0.25) is 0 Å². The minimum absolute atomic E-state index is 0.0669. The molecule has 0 aromatic heterocycles. The summed E-state index contributed by atoms with van der Waals surface area (Å²) in [5.74, 6) is -0.0669. The molecule has 1 aliphatic heterocycles. The fraction of sp³-hybridized carbons (Fsp3) is 0.500. The Morgan fingerprint density at radius 2 is 2.10 bits per heavy atom. The third-order valence-electron chi connectivity index (χ3n) is 3.33. The molecule has 3 nitrogen and oxygen atoms in total. The summed E-state index contributed by atoms with van der Waals surface area (Å²) < 4.78 is 44.4. The Morgan fingerprint density at radius 3 is 2.75 bits per heavy atom. The van der Waals surface area contributed by atoms with Crippen LogP contribution in [0.25, 0.3) is 0 Å². The fourth-order valence-corrected chi connectivity index (χ4v) is 2.32. The predicted octanol–water partition coefficient (Wildman–Crippen LogP) is 3.02. The van der Waals surface area contributed by atoms with Crippen LogP contribution in [0.3, 0.4) is 0 Å². The smallest absolute Gasteiger partial charge is 0.370 e. The van der Waals surface area contributed by atoms with Crippen molar-refractivity contribution in [1.29, 1.82) is 0 Å². The van der Waals surface area contributed by atoms with Crippen molar-refractivity contribution in [2.75, 3.05) is 19.7 Å². The Bertz CT molecular complexity index is 488.